The Morgan fingerprint density at radius 2 is 2.00 bits per heavy atom. The third-order valence-electron chi connectivity index (χ3n) is 5.18. The first-order valence-electron chi connectivity index (χ1n) is 10.1. The number of hydrogen-bond acceptors (Lipinski definition) is 5. The number of aryl methyl sites for hydroxylation is 2. The number of anilines is 2. The summed E-state index contributed by atoms with van der Waals surface area (Å²) >= 11 is 7.42. The predicted molar refractivity (Wildman–Crippen MR) is 127 cm³/mol. The summed E-state index contributed by atoms with van der Waals surface area (Å²) in [5.41, 5.74) is 2.27. The summed E-state index contributed by atoms with van der Waals surface area (Å²) in [4.78, 5) is 45.3. The number of nitrogens with one attached hydrogen (secondary N) is 3. The maximum atomic E-state index is 13.0. The highest BCUT2D eigenvalue weighted by Crippen LogP contribution is 2.31. The molecule has 1 aliphatic rings. The Morgan fingerprint density at radius 3 is 2.78 bits per heavy atom. The number of amides is 2. The summed E-state index contributed by atoms with van der Waals surface area (Å²) in [7, 11) is 0. The first-order chi connectivity index (χ1) is 15.4. The fourth-order valence-electron chi connectivity index (χ4n) is 3.50. The van der Waals surface area contributed by atoms with Gasteiger partial charge in [0.05, 0.1) is 11.5 Å². The molecule has 0 fully saturated rings. The van der Waals surface area contributed by atoms with Crippen molar-refractivity contribution < 1.29 is 9.59 Å². The number of H-pyrrole nitrogens is 1. The minimum absolute atomic E-state index is 0.134. The molecule has 3 N–H and O–H groups in total. The summed E-state index contributed by atoms with van der Waals surface area (Å²) in [5, 5.41) is 6.30. The molecule has 0 unspecified atom stereocenters. The standard InChI is InChI=1S/C23H21ClN4O3S/c1-13-7-8-15(24)11-17(13)25-21(30)16-12-18(29)26-20-19(16)22(31)28-23(27-20)32-10-9-14-5-3-2-4-6-14/h2-8,11,16H,9-10,12H2,1H3,(H,25,30)(H2,26,27,28,29,31)/t16-/m1/s1. The van der Waals surface area contributed by atoms with Crippen molar-refractivity contribution in [1.29, 1.82) is 0 Å². The number of hydrogen-bond donors (Lipinski definition) is 3. The van der Waals surface area contributed by atoms with E-state index in [0.717, 1.165) is 12.0 Å². The van der Waals surface area contributed by atoms with Crippen molar-refractivity contribution in [2.75, 3.05) is 16.4 Å². The number of halogens is 1. The van der Waals surface area contributed by atoms with Crippen molar-refractivity contribution >= 4 is 46.7 Å². The Hall–Kier alpha value is -3.10. The largest absolute Gasteiger partial charge is 0.325 e. The average Bonchev–Trinajstić information content (AvgIpc) is 2.76. The lowest BCUT2D eigenvalue weighted by molar-refractivity contribution is -0.123. The molecule has 1 aliphatic heterocycles. The van der Waals surface area contributed by atoms with Crippen molar-refractivity contribution in [3.63, 3.8) is 0 Å². The molecule has 9 heteroatoms. The van der Waals surface area contributed by atoms with E-state index in [9.17, 15) is 14.4 Å². The lowest BCUT2D eigenvalue weighted by atomic mass is 9.92. The monoisotopic (exact) mass is 468 g/mol. The summed E-state index contributed by atoms with van der Waals surface area (Å²) < 4.78 is 0. The van der Waals surface area contributed by atoms with Crippen LogP contribution >= 0.6 is 23.4 Å². The topological polar surface area (TPSA) is 104 Å². The van der Waals surface area contributed by atoms with Crippen molar-refractivity contribution in [3.05, 3.63) is 80.6 Å². The zero-order valence-electron chi connectivity index (χ0n) is 17.3. The molecule has 0 bridgehead atoms. The van der Waals surface area contributed by atoms with E-state index in [1.807, 2.05) is 37.3 Å². The van der Waals surface area contributed by atoms with Crippen LogP contribution in [0.3, 0.4) is 0 Å². The van der Waals surface area contributed by atoms with Gasteiger partial charge in [0, 0.05) is 22.9 Å². The third-order valence-corrected chi connectivity index (χ3v) is 6.29. The lowest BCUT2D eigenvalue weighted by Gasteiger charge is -2.24. The van der Waals surface area contributed by atoms with Crippen molar-refractivity contribution in [3.8, 4) is 0 Å². The molecule has 2 heterocycles. The Balaban J connectivity index is 1.54. The zero-order chi connectivity index (χ0) is 22.7. The van der Waals surface area contributed by atoms with Crippen LogP contribution in [-0.4, -0.2) is 27.5 Å². The van der Waals surface area contributed by atoms with Gasteiger partial charge in [0.1, 0.15) is 5.82 Å². The number of rotatable bonds is 6. The molecule has 0 aliphatic carbocycles. The van der Waals surface area contributed by atoms with Gasteiger partial charge >= 0.3 is 0 Å². The second kappa shape index (κ2) is 9.58. The van der Waals surface area contributed by atoms with Gasteiger partial charge in [0.2, 0.25) is 11.8 Å². The highest BCUT2D eigenvalue weighted by atomic mass is 35.5. The van der Waals surface area contributed by atoms with Crippen molar-refractivity contribution in [2.24, 2.45) is 0 Å². The van der Waals surface area contributed by atoms with Gasteiger partial charge in [-0.15, -0.1) is 0 Å². The van der Waals surface area contributed by atoms with Gasteiger partial charge in [0.15, 0.2) is 5.16 Å². The predicted octanol–water partition coefficient (Wildman–Crippen LogP) is 4.13. The number of benzene rings is 2. The number of carbonyl (C=O) groups excluding carboxylic acids is 2. The average molecular weight is 469 g/mol. The molecule has 0 saturated carbocycles. The molecule has 2 aromatic carbocycles. The van der Waals surface area contributed by atoms with Crippen molar-refractivity contribution in [1.82, 2.24) is 9.97 Å². The summed E-state index contributed by atoms with van der Waals surface area (Å²) in [6.45, 7) is 1.83. The first-order valence-corrected chi connectivity index (χ1v) is 11.4. The summed E-state index contributed by atoms with van der Waals surface area (Å²) in [5.74, 6) is -0.925. The van der Waals surface area contributed by atoms with Crippen LogP contribution in [-0.2, 0) is 16.0 Å². The molecule has 1 atom stereocenters. The molecule has 1 aromatic heterocycles. The molecule has 0 radical (unpaired) electrons. The number of fused-ring (bicyclic) bond motifs is 1. The fraction of sp³-hybridized carbons (Fsp3) is 0.217. The van der Waals surface area contributed by atoms with E-state index < -0.39 is 17.4 Å². The molecule has 4 rings (SSSR count). The maximum absolute atomic E-state index is 13.0. The molecule has 32 heavy (non-hydrogen) atoms. The number of thioether (sulfide) groups is 1. The van der Waals surface area contributed by atoms with Gasteiger partial charge in [-0.3, -0.25) is 14.4 Å². The van der Waals surface area contributed by atoms with E-state index in [-0.39, 0.29) is 23.7 Å². The number of aromatic amines is 1. The molecule has 2 amide bonds. The van der Waals surface area contributed by atoms with Gasteiger partial charge in [0.25, 0.3) is 5.56 Å². The SMILES string of the molecule is Cc1ccc(Cl)cc1NC(=O)[C@@H]1CC(=O)Nc2nc(SCCc3ccccc3)[nH]c(=O)c21. The zero-order valence-corrected chi connectivity index (χ0v) is 18.8. The second-order valence-electron chi connectivity index (χ2n) is 7.47. The van der Waals surface area contributed by atoms with E-state index in [0.29, 0.717) is 21.6 Å². The number of nitrogens with zero attached hydrogens (tertiary/aromatic N) is 1. The smallest absolute Gasteiger partial charge is 0.257 e. The Labute approximate surface area is 194 Å². The minimum Gasteiger partial charge on any atom is -0.325 e. The molecule has 7 nitrogen and oxygen atoms in total. The highest BCUT2D eigenvalue weighted by molar-refractivity contribution is 7.99. The van der Waals surface area contributed by atoms with Crippen LogP contribution in [0.4, 0.5) is 11.5 Å². The van der Waals surface area contributed by atoms with E-state index in [2.05, 4.69) is 20.6 Å². The van der Waals surface area contributed by atoms with E-state index in [1.54, 1.807) is 18.2 Å². The lowest BCUT2D eigenvalue weighted by Crippen LogP contribution is -2.36. The quantitative estimate of drug-likeness (QED) is 0.372. The van der Waals surface area contributed by atoms with E-state index in [1.165, 1.54) is 17.3 Å². The second-order valence-corrected chi connectivity index (χ2v) is 8.99. The van der Waals surface area contributed by atoms with Crippen LogP contribution in [0.2, 0.25) is 5.02 Å². The number of aromatic nitrogens is 2. The highest BCUT2D eigenvalue weighted by Gasteiger charge is 2.35. The molecule has 164 valence electrons. The van der Waals surface area contributed by atoms with Gasteiger partial charge < -0.3 is 15.6 Å². The summed E-state index contributed by atoms with van der Waals surface area (Å²) in [6.07, 6.45) is 0.673. The third kappa shape index (κ3) is 5.03. The first kappa shape index (κ1) is 22.1. The molecule has 0 saturated heterocycles. The normalized spacial score (nSPS) is 15.1. The minimum atomic E-state index is -0.947. The molecule has 3 aromatic rings. The van der Waals surface area contributed by atoms with Crippen LogP contribution in [0, 0.1) is 6.92 Å². The van der Waals surface area contributed by atoms with Gasteiger partial charge in [-0.1, -0.05) is 59.8 Å². The van der Waals surface area contributed by atoms with E-state index >= 15 is 0 Å². The Morgan fingerprint density at radius 1 is 1.22 bits per heavy atom. The Kier molecular flexibility index (Phi) is 6.62. The van der Waals surface area contributed by atoms with Crippen LogP contribution < -0.4 is 16.2 Å². The van der Waals surface area contributed by atoms with Gasteiger partial charge in [-0.2, -0.15) is 0 Å². The van der Waals surface area contributed by atoms with Crippen LogP contribution in [0.15, 0.2) is 58.5 Å². The number of carbonyl (C=O) groups is 2. The molecular weight excluding hydrogens is 448 g/mol. The van der Waals surface area contributed by atoms with Crippen molar-refractivity contribution in [2.45, 2.75) is 30.8 Å². The Bertz CT molecular complexity index is 1230. The van der Waals surface area contributed by atoms with Crippen LogP contribution in [0.5, 0.6) is 0 Å². The van der Waals surface area contributed by atoms with Gasteiger partial charge in [-0.25, -0.2) is 4.98 Å². The fourth-order valence-corrected chi connectivity index (χ4v) is 4.53. The van der Waals surface area contributed by atoms with Gasteiger partial charge in [-0.05, 0) is 36.6 Å². The summed E-state index contributed by atoms with van der Waals surface area (Å²) in [6, 6.07) is 15.1. The van der Waals surface area contributed by atoms with Crippen LogP contribution in [0.1, 0.15) is 29.0 Å². The van der Waals surface area contributed by atoms with E-state index in [4.69, 9.17) is 11.6 Å². The molecular formula is C23H21ClN4O3S. The maximum Gasteiger partial charge on any atom is 0.257 e. The van der Waals surface area contributed by atoms with Crippen LogP contribution in [0.25, 0.3) is 0 Å². The molecule has 0 spiro atoms.